The van der Waals surface area contributed by atoms with E-state index < -0.39 is 10.0 Å². The van der Waals surface area contributed by atoms with Gasteiger partial charge in [-0.05, 0) is 37.0 Å². The molecule has 1 aliphatic rings. The minimum atomic E-state index is -3.53. The van der Waals surface area contributed by atoms with Crippen molar-refractivity contribution < 1.29 is 17.9 Å². The minimum Gasteiger partial charge on any atom is -0.376 e. The quantitative estimate of drug-likeness (QED) is 0.812. The molecule has 6 nitrogen and oxygen atoms in total. The van der Waals surface area contributed by atoms with Gasteiger partial charge in [-0.2, -0.15) is 0 Å². The summed E-state index contributed by atoms with van der Waals surface area (Å²) in [7, 11) is -3.53. The van der Waals surface area contributed by atoms with Crippen molar-refractivity contribution in [2.24, 2.45) is 0 Å². The largest absolute Gasteiger partial charge is 0.376 e. The van der Waals surface area contributed by atoms with Crippen LogP contribution in [0.2, 0.25) is 0 Å². The number of nitrogens with zero attached hydrogens (tertiary/aromatic N) is 1. The highest BCUT2D eigenvalue weighted by Gasteiger charge is 2.22. The van der Waals surface area contributed by atoms with E-state index >= 15 is 0 Å². The maximum Gasteiger partial charge on any atom is 0.240 e. The van der Waals surface area contributed by atoms with Gasteiger partial charge in [0.25, 0.3) is 0 Å². The Bertz CT molecular complexity index is 622. The SMILES string of the molecule is CCc1ccc(N(CC(=O)NC[C@@H]2CCCO2)S(C)(=O)=O)cc1. The molecule has 23 heavy (non-hydrogen) atoms. The summed E-state index contributed by atoms with van der Waals surface area (Å²) in [6.07, 6.45) is 3.94. The summed E-state index contributed by atoms with van der Waals surface area (Å²) in [6.45, 7) is 2.95. The van der Waals surface area contributed by atoms with E-state index in [-0.39, 0.29) is 18.6 Å². The van der Waals surface area contributed by atoms with Gasteiger partial charge in [0, 0.05) is 13.2 Å². The van der Waals surface area contributed by atoms with Crippen LogP contribution >= 0.6 is 0 Å². The van der Waals surface area contributed by atoms with Crippen LogP contribution in [0, 0.1) is 0 Å². The highest BCUT2D eigenvalue weighted by molar-refractivity contribution is 7.92. The molecule has 0 unspecified atom stereocenters. The average molecular weight is 340 g/mol. The summed E-state index contributed by atoms with van der Waals surface area (Å²) >= 11 is 0. The number of anilines is 1. The van der Waals surface area contributed by atoms with E-state index in [1.807, 2.05) is 19.1 Å². The first kappa shape index (κ1) is 17.7. The van der Waals surface area contributed by atoms with Crippen LogP contribution in [0.25, 0.3) is 0 Å². The predicted octanol–water partition coefficient (Wildman–Crippen LogP) is 1.31. The second kappa shape index (κ2) is 7.79. The average Bonchev–Trinajstić information content (AvgIpc) is 3.03. The van der Waals surface area contributed by atoms with Crippen molar-refractivity contribution in [2.75, 3.05) is 30.3 Å². The minimum absolute atomic E-state index is 0.0365. The number of carbonyl (C=O) groups is 1. The second-order valence-corrected chi connectivity index (χ2v) is 7.64. The number of amides is 1. The molecule has 1 heterocycles. The molecule has 7 heteroatoms. The Morgan fingerprint density at radius 2 is 2.04 bits per heavy atom. The van der Waals surface area contributed by atoms with Gasteiger partial charge in [-0.15, -0.1) is 0 Å². The molecule has 1 aromatic carbocycles. The zero-order chi connectivity index (χ0) is 16.9. The number of nitrogens with one attached hydrogen (secondary N) is 1. The van der Waals surface area contributed by atoms with E-state index in [1.165, 1.54) is 0 Å². The molecule has 0 bridgehead atoms. The lowest BCUT2D eigenvalue weighted by Crippen LogP contribution is -2.42. The zero-order valence-electron chi connectivity index (χ0n) is 13.6. The van der Waals surface area contributed by atoms with Gasteiger partial charge in [-0.25, -0.2) is 8.42 Å². The van der Waals surface area contributed by atoms with Gasteiger partial charge in [0.15, 0.2) is 0 Å². The van der Waals surface area contributed by atoms with Crippen LogP contribution < -0.4 is 9.62 Å². The maximum atomic E-state index is 12.1. The summed E-state index contributed by atoms with van der Waals surface area (Å²) in [4.78, 5) is 12.1. The van der Waals surface area contributed by atoms with Crippen molar-refractivity contribution >= 4 is 21.6 Å². The Kier molecular flexibility index (Phi) is 6.01. The first-order valence-corrected chi connectivity index (χ1v) is 9.70. The van der Waals surface area contributed by atoms with Crippen LogP contribution in [-0.4, -0.2) is 46.4 Å². The van der Waals surface area contributed by atoms with E-state index in [0.717, 1.165) is 42.0 Å². The topological polar surface area (TPSA) is 75.7 Å². The maximum absolute atomic E-state index is 12.1. The number of hydrogen-bond donors (Lipinski definition) is 1. The number of carbonyl (C=O) groups excluding carboxylic acids is 1. The highest BCUT2D eigenvalue weighted by atomic mass is 32.2. The van der Waals surface area contributed by atoms with Crippen LogP contribution in [0.4, 0.5) is 5.69 Å². The molecule has 1 amide bonds. The molecule has 0 aliphatic carbocycles. The zero-order valence-corrected chi connectivity index (χ0v) is 14.4. The van der Waals surface area contributed by atoms with E-state index in [1.54, 1.807) is 12.1 Å². The number of hydrogen-bond acceptors (Lipinski definition) is 4. The lowest BCUT2D eigenvalue weighted by atomic mass is 10.1. The Balaban J connectivity index is 2.01. The van der Waals surface area contributed by atoms with Crippen LogP contribution in [0.15, 0.2) is 24.3 Å². The smallest absolute Gasteiger partial charge is 0.240 e. The van der Waals surface area contributed by atoms with Crippen LogP contribution in [0.3, 0.4) is 0 Å². The number of ether oxygens (including phenoxy) is 1. The van der Waals surface area contributed by atoms with Crippen molar-refractivity contribution in [3.8, 4) is 0 Å². The van der Waals surface area contributed by atoms with Crippen LogP contribution in [-0.2, 0) is 26.0 Å². The first-order chi connectivity index (χ1) is 10.9. The third-order valence-electron chi connectivity index (χ3n) is 3.87. The second-order valence-electron chi connectivity index (χ2n) is 5.73. The van der Waals surface area contributed by atoms with Gasteiger partial charge in [0.05, 0.1) is 18.0 Å². The fraction of sp³-hybridized carbons (Fsp3) is 0.562. The van der Waals surface area contributed by atoms with E-state index in [9.17, 15) is 13.2 Å². The van der Waals surface area contributed by atoms with Gasteiger partial charge in [0.1, 0.15) is 6.54 Å². The molecule has 1 saturated heterocycles. The normalized spacial score (nSPS) is 17.9. The van der Waals surface area contributed by atoms with E-state index in [0.29, 0.717) is 12.2 Å². The Hall–Kier alpha value is -1.60. The number of rotatable bonds is 7. The Morgan fingerprint density at radius 3 is 2.57 bits per heavy atom. The fourth-order valence-electron chi connectivity index (χ4n) is 2.52. The van der Waals surface area contributed by atoms with Gasteiger partial charge in [-0.1, -0.05) is 19.1 Å². The molecule has 1 aromatic rings. The molecule has 0 spiro atoms. The molecule has 1 aliphatic heterocycles. The van der Waals surface area contributed by atoms with Gasteiger partial charge in [-0.3, -0.25) is 9.10 Å². The lowest BCUT2D eigenvalue weighted by molar-refractivity contribution is -0.120. The highest BCUT2D eigenvalue weighted by Crippen LogP contribution is 2.18. The number of benzene rings is 1. The summed E-state index contributed by atoms with van der Waals surface area (Å²) in [5, 5.41) is 2.75. The van der Waals surface area contributed by atoms with Crippen molar-refractivity contribution in [3.63, 3.8) is 0 Å². The molecule has 128 valence electrons. The summed E-state index contributed by atoms with van der Waals surface area (Å²) in [5.41, 5.74) is 1.61. The van der Waals surface area contributed by atoms with Gasteiger partial charge in [0.2, 0.25) is 15.9 Å². The predicted molar refractivity (Wildman–Crippen MR) is 90.0 cm³/mol. The standard InChI is InChI=1S/C16H24N2O4S/c1-3-13-6-8-14(9-7-13)18(23(2,20)21)12-16(19)17-11-15-5-4-10-22-15/h6-9,15H,3-5,10-12H2,1-2H3,(H,17,19)/t15-/m0/s1. The summed E-state index contributed by atoms with van der Waals surface area (Å²) in [5.74, 6) is -0.328. The Morgan fingerprint density at radius 1 is 1.35 bits per heavy atom. The van der Waals surface area contributed by atoms with Crippen molar-refractivity contribution in [1.82, 2.24) is 5.32 Å². The molecule has 0 radical (unpaired) electrons. The molecule has 1 N–H and O–H groups in total. The van der Waals surface area contributed by atoms with Crippen LogP contribution in [0.5, 0.6) is 0 Å². The summed E-state index contributed by atoms with van der Waals surface area (Å²) in [6, 6.07) is 7.20. The third-order valence-corrected chi connectivity index (χ3v) is 5.01. The molecular weight excluding hydrogens is 316 g/mol. The molecule has 1 atom stereocenters. The molecular formula is C16H24N2O4S. The third kappa shape index (κ3) is 5.21. The van der Waals surface area contributed by atoms with Gasteiger partial charge < -0.3 is 10.1 Å². The summed E-state index contributed by atoms with van der Waals surface area (Å²) < 4.78 is 30.6. The molecule has 0 saturated carbocycles. The Labute approximate surface area is 137 Å². The molecule has 0 aromatic heterocycles. The number of aryl methyl sites for hydroxylation is 1. The first-order valence-electron chi connectivity index (χ1n) is 7.85. The van der Waals surface area contributed by atoms with Crippen molar-refractivity contribution in [1.29, 1.82) is 0 Å². The van der Waals surface area contributed by atoms with Gasteiger partial charge >= 0.3 is 0 Å². The van der Waals surface area contributed by atoms with E-state index in [2.05, 4.69) is 5.32 Å². The van der Waals surface area contributed by atoms with Crippen LogP contribution in [0.1, 0.15) is 25.3 Å². The van der Waals surface area contributed by atoms with E-state index in [4.69, 9.17) is 4.74 Å². The molecule has 2 rings (SSSR count). The van der Waals surface area contributed by atoms with Crippen molar-refractivity contribution in [3.05, 3.63) is 29.8 Å². The monoisotopic (exact) mass is 340 g/mol. The molecule has 1 fully saturated rings. The van der Waals surface area contributed by atoms with Crippen molar-refractivity contribution in [2.45, 2.75) is 32.3 Å². The fourth-order valence-corrected chi connectivity index (χ4v) is 3.37. The lowest BCUT2D eigenvalue weighted by Gasteiger charge is -2.22. The number of sulfonamides is 1.